The monoisotopic (exact) mass is 285 g/mol. The minimum absolute atomic E-state index is 0.0914. The van der Waals surface area contributed by atoms with Gasteiger partial charge in [0.15, 0.2) is 5.78 Å². The average Bonchev–Trinajstić information content (AvgIpc) is 2.42. The van der Waals surface area contributed by atoms with Crippen LogP contribution in [0.5, 0.6) is 0 Å². The molecule has 1 rings (SSSR count). The summed E-state index contributed by atoms with van der Waals surface area (Å²) in [4.78, 5) is 24.3. The van der Waals surface area contributed by atoms with Gasteiger partial charge in [-0.3, -0.25) is 9.59 Å². The predicted molar refractivity (Wildman–Crippen MR) is 70.2 cm³/mol. The number of nitrogens with zero attached hydrogens (tertiary/aromatic N) is 1. The number of ketones is 1. The molecule has 6 heteroatoms. The van der Waals surface area contributed by atoms with Gasteiger partial charge in [-0.15, -0.1) is 0 Å². The molecular weight excluding hydrogens is 268 g/mol. The standard InChI is InChI=1S/C14H17F2NO3/c1-10(18)11-3-5-12(6-4-11)14(19)17(7-8-20-2)9-13(15)16/h3-6,13H,7-9H2,1-2H3. The first-order valence-electron chi connectivity index (χ1n) is 6.13. The normalized spacial score (nSPS) is 10.7. The molecule has 0 saturated carbocycles. The number of rotatable bonds is 7. The number of alkyl halides is 2. The summed E-state index contributed by atoms with van der Waals surface area (Å²) in [6.45, 7) is 1.05. The van der Waals surface area contributed by atoms with Gasteiger partial charge in [-0.1, -0.05) is 12.1 Å². The molecule has 1 aromatic carbocycles. The Morgan fingerprint density at radius 1 is 1.20 bits per heavy atom. The molecule has 0 bridgehead atoms. The molecule has 0 fully saturated rings. The second-order valence-electron chi connectivity index (χ2n) is 4.27. The summed E-state index contributed by atoms with van der Waals surface area (Å²) in [6, 6.07) is 5.94. The Labute approximate surface area is 116 Å². The lowest BCUT2D eigenvalue weighted by Crippen LogP contribution is -2.37. The highest BCUT2D eigenvalue weighted by molar-refractivity contribution is 5.97. The lowest BCUT2D eigenvalue weighted by atomic mass is 10.1. The van der Waals surface area contributed by atoms with Crippen molar-refractivity contribution < 1.29 is 23.1 Å². The van der Waals surface area contributed by atoms with Crippen molar-refractivity contribution in [1.29, 1.82) is 0 Å². The Balaban J connectivity index is 2.84. The summed E-state index contributed by atoms with van der Waals surface area (Å²) >= 11 is 0. The van der Waals surface area contributed by atoms with E-state index in [1.54, 1.807) is 0 Å². The molecule has 20 heavy (non-hydrogen) atoms. The van der Waals surface area contributed by atoms with Gasteiger partial charge in [0, 0.05) is 24.8 Å². The average molecular weight is 285 g/mol. The van der Waals surface area contributed by atoms with Crippen LogP contribution in [0.2, 0.25) is 0 Å². The van der Waals surface area contributed by atoms with Crippen LogP contribution in [0.1, 0.15) is 27.6 Å². The number of benzene rings is 1. The molecule has 0 radical (unpaired) electrons. The SMILES string of the molecule is COCCN(CC(F)F)C(=O)c1ccc(C(C)=O)cc1. The number of carbonyl (C=O) groups is 2. The largest absolute Gasteiger partial charge is 0.383 e. The predicted octanol–water partition coefficient (Wildman–Crippen LogP) is 2.24. The van der Waals surface area contributed by atoms with Gasteiger partial charge in [-0.2, -0.15) is 0 Å². The van der Waals surface area contributed by atoms with E-state index in [4.69, 9.17) is 4.74 Å². The third-order valence-corrected chi connectivity index (χ3v) is 2.75. The Kier molecular flexibility index (Phi) is 6.24. The van der Waals surface area contributed by atoms with E-state index in [1.807, 2.05) is 0 Å². The Hall–Kier alpha value is -1.82. The van der Waals surface area contributed by atoms with E-state index >= 15 is 0 Å². The first-order chi connectivity index (χ1) is 9.45. The second kappa shape index (κ2) is 7.69. The molecule has 110 valence electrons. The zero-order valence-electron chi connectivity index (χ0n) is 11.4. The van der Waals surface area contributed by atoms with Gasteiger partial charge in [0.25, 0.3) is 12.3 Å². The van der Waals surface area contributed by atoms with Gasteiger partial charge in [0.1, 0.15) is 0 Å². The van der Waals surface area contributed by atoms with Crippen LogP contribution < -0.4 is 0 Å². The van der Waals surface area contributed by atoms with Crippen molar-refractivity contribution in [3.8, 4) is 0 Å². The maximum atomic E-state index is 12.5. The van der Waals surface area contributed by atoms with Crippen LogP contribution in [-0.4, -0.2) is 49.8 Å². The van der Waals surface area contributed by atoms with E-state index in [1.165, 1.54) is 38.3 Å². The number of methoxy groups -OCH3 is 1. The topological polar surface area (TPSA) is 46.6 Å². The van der Waals surface area contributed by atoms with Crippen molar-refractivity contribution in [2.45, 2.75) is 13.3 Å². The minimum Gasteiger partial charge on any atom is -0.383 e. The van der Waals surface area contributed by atoms with Crippen molar-refractivity contribution in [3.05, 3.63) is 35.4 Å². The highest BCUT2D eigenvalue weighted by Gasteiger charge is 2.19. The first kappa shape index (κ1) is 16.2. The first-order valence-corrected chi connectivity index (χ1v) is 6.13. The van der Waals surface area contributed by atoms with Crippen LogP contribution in [0, 0.1) is 0 Å². The number of amides is 1. The molecule has 0 heterocycles. The fourth-order valence-electron chi connectivity index (χ4n) is 1.67. The van der Waals surface area contributed by atoms with Gasteiger partial charge in [0.05, 0.1) is 13.2 Å². The molecule has 0 spiro atoms. The number of hydrogen-bond acceptors (Lipinski definition) is 3. The molecule has 0 N–H and O–H groups in total. The van der Waals surface area contributed by atoms with E-state index in [0.717, 1.165) is 4.90 Å². The van der Waals surface area contributed by atoms with Crippen molar-refractivity contribution in [3.63, 3.8) is 0 Å². The zero-order chi connectivity index (χ0) is 15.1. The molecule has 1 amide bonds. The fourth-order valence-corrected chi connectivity index (χ4v) is 1.67. The van der Waals surface area contributed by atoms with Gasteiger partial charge < -0.3 is 9.64 Å². The lowest BCUT2D eigenvalue weighted by Gasteiger charge is -2.22. The quantitative estimate of drug-likeness (QED) is 0.722. The van der Waals surface area contributed by atoms with Gasteiger partial charge in [0.2, 0.25) is 0 Å². The highest BCUT2D eigenvalue weighted by Crippen LogP contribution is 2.10. The van der Waals surface area contributed by atoms with Gasteiger partial charge in [-0.05, 0) is 19.1 Å². The van der Waals surface area contributed by atoms with E-state index in [9.17, 15) is 18.4 Å². The lowest BCUT2D eigenvalue weighted by molar-refractivity contribution is 0.0478. The number of carbonyl (C=O) groups excluding carboxylic acids is 2. The summed E-state index contributed by atoms with van der Waals surface area (Å²) in [5.41, 5.74) is 0.741. The minimum atomic E-state index is -2.60. The number of halogens is 2. The molecule has 1 aromatic rings. The molecule has 0 aromatic heterocycles. The summed E-state index contributed by atoms with van der Waals surface area (Å²) in [6.07, 6.45) is -2.60. The van der Waals surface area contributed by atoms with Crippen LogP contribution in [0.25, 0.3) is 0 Å². The van der Waals surface area contributed by atoms with Crippen molar-refractivity contribution in [2.24, 2.45) is 0 Å². The van der Waals surface area contributed by atoms with E-state index in [0.29, 0.717) is 5.56 Å². The van der Waals surface area contributed by atoms with E-state index < -0.39 is 18.9 Å². The van der Waals surface area contributed by atoms with E-state index in [-0.39, 0.29) is 24.5 Å². The summed E-state index contributed by atoms with van der Waals surface area (Å²) in [7, 11) is 1.44. The molecule has 0 saturated heterocycles. The summed E-state index contributed by atoms with van der Waals surface area (Å²) in [5, 5.41) is 0. The molecule has 0 aliphatic carbocycles. The Bertz CT molecular complexity index is 460. The number of Topliss-reactive ketones (excluding diaryl/α,β-unsaturated/α-hetero) is 1. The molecule has 0 aliphatic rings. The van der Waals surface area contributed by atoms with Crippen LogP contribution in [0.3, 0.4) is 0 Å². The third kappa shape index (κ3) is 4.70. The van der Waals surface area contributed by atoms with Gasteiger partial charge in [-0.25, -0.2) is 8.78 Å². The van der Waals surface area contributed by atoms with E-state index in [2.05, 4.69) is 0 Å². The molecule has 0 unspecified atom stereocenters. The Morgan fingerprint density at radius 3 is 2.20 bits per heavy atom. The number of hydrogen-bond donors (Lipinski definition) is 0. The zero-order valence-corrected chi connectivity index (χ0v) is 11.4. The molecule has 0 atom stereocenters. The molecule has 0 aliphatic heterocycles. The fraction of sp³-hybridized carbons (Fsp3) is 0.429. The van der Waals surface area contributed by atoms with Crippen LogP contribution in [0.4, 0.5) is 8.78 Å². The maximum absolute atomic E-state index is 12.5. The van der Waals surface area contributed by atoms with Gasteiger partial charge >= 0.3 is 0 Å². The smallest absolute Gasteiger partial charge is 0.255 e. The Morgan fingerprint density at radius 2 is 1.75 bits per heavy atom. The van der Waals surface area contributed by atoms with Crippen molar-refractivity contribution in [1.82, 2.24) is 4.90 Å². The van der Waals surface area contributed by atoms with Crippen LogP contribution in [-0.2, 0) is 4.74 Å². The molecule has 4 nitrogen and oxygen atoms in total. The third-order valence-electron chi connectivity index (χ3n) is 2.75. The van der Waals surface area contributed by atoms with Crippen LogP contribution >= 0.6 is 0 Å². The number of ether oxygens (including phenoxy) is 1. The highest BCUT2D eigenvalue weighted by atomic mass is 19.3. The van der Waals surface area contributed by atoms with Crippen LogP contribution in [0.15, 0.2) is 24.3 Å². The summed E-state index contributed by atoms with van der Waals surface area (Å²) in [5.74, 6) is -0.620. The van der Waals surface area contributed by atoms with Crippen molar-refractivity contribution in [2.75, 3.05) is 26.8 Å². The summed E-state index contributed by atoms with van der Waals surface area (Å²) < 4.78 is 29.8. The second-order valence-corrected chi connectivity index (χ2v) is 4.27. The maximum Gasteiger partial charge on any atom is 0.255 e. The molecular formula is C14H17F2NO3. The van der Waals surface area contributed by atoms with Crippen molar-refractivity contribution >= 4 is 11.7 Å².